The number of aromatic amines is 1. The molecule has 5 aromatic rings. The minimum Gasteiger partial charge on any atom is -0.382 e. The van der Waals surface area contributed by atoms with Gasteiger partial charge in [-0.05, 0) is 85.0 Å². The maximum atomic E-state index is 13.3. The fourth-order valence-corrected chi connectivity index (χ4v) is 5.70. The zero-order valence-corrected chi connectivity index (χ0v) is 21.6. The summed E-state index contributed by atoms with van der Waals surface area (Å²) in [5.41, 5.74) is 12.6. The summed E-state index contributed by atoms with van der Waals surface area (Å²) in [4.78, 5) is 28.7. The quantitative estimate of drug-likeness (QED) is 0.191. The molecule has 1 saturated carbocycles. The fourth-order valence-electron chi connectivity index (χ4n) is 5.70. The van der Waals surface area contributed by atoms with Crippen molar-refractivity contribution in [3.63, 3.8) is 0 Å². The van der Waals surface area contributed by atoms with Gasteiger partial charge >= 0.3 is 0 Å². The van der Waals surface area contributed by atoms with Crippen LogP contribution in [0.25, 0.3) is 32.9 Å². The van der Waals surface area contributed by atoms with Crippen molar-refractivity contribution in [2.45, 2.75) is 38.6 Å². The van der Waals surface area contributed by atoms with E-state index in [9.17, 15) is 14.0 Å². The molecule has 4 aromatic carbocycles. The molecule has 39 heavy (non-hydrogen) atoms. The van der Waals surface area contributed by atoms with Crippen LogP contribution in [0.5, 0.6) is 0 Å². The summed E-state index contributed by atoms with van der Waals surface area (Å²) in [6.45, 7) is 1.95. The molecule has 0 unspecified atom stereocenters. The van der Waals surface area contributed by atoms with Gasteiger partial charge in [0.25, 0.3) is 11.8 Å². The van der Waals surface area contributed by atoms with Gasteiger partial charge in [0.05, 0.1) is 11.1 Å². The predicted octanol–water partition coefficient (Wildman–Crippen LogP) is 7.14. The highest BCUT2D eigenvalue weighted by molar-refractivity contribution is 6.20. The number of anilines is 2. The Morgan fingerprint density at radius 1 is 0.949 bits per heavy atom. The minimum absolute atomic E-state index is 0.321. The topological polar surface area (TPSA) is 100 Å². The number of nitrogens with two attached hydrogens (primary N) is 1. The molecule has 1 fully saturated rings. The Kier molecular flexibility index (Phi) is 6.27. The molecule has 0 atom stereocenters. The largest absolute Gasteiger partial charge is 0.382 e. The highest BCUT2D eigenvalue weighted by Crippen LogP contribution is 2.40. The molecule has 5 N–H and O–H groups in total. The van der Waals surface area contributed by atoms with Crippen LogP contribution in [0.4, 0.5) is 15.8 Å². The summed E-state index contributed by atoms with van der Waals surface area (Å²) < 4.78 is 13.3. The first kappa shape index (κ1) is 24.7. The van der Waals surface area contributed by atoms with E-state index in [1.165, 1.54) is 49.9 Å². The summed E-state index contributed by atoms with van der Waals surface area (Å²) in [5, 5.41) is 8.48. The lowest BCUT2D eigenvalue weighted by atomic mass is 9.93. The predicted molar refractivity (Wildman–Crippen MR) is 155 cm³/mol. The lowest BCUT2D eigenvalue weighted by Gasteiger charge is -2.15. The van der Waals surface area contributed by atoms with Gasteiger partial charge in [-0.2, -0.15) is 0 Å². The standard InChI is InChI=1S/C32H29FN4O2/c1-18-23(7-4-8-27(18)37-32(39)19-9-11-20(33)12-10-19)24-15-16-26(31(34)38)30-29(24)25-14-13-22(17-28(25)36-30)35-21-5-2-3-6-21/h4,7-17,21,35-36H,2-3,5-6H2,1H3,(H2,34,38)(H,37,39). The number of H-pyrrole nitrogens is 1. The zero-order chi connectivity index (χ0) is 27.1. The number of hydrogen-bond acceptors (Lipinski definition) is 3. The average molecular weight is 521 g/mol. The molecule has 2 amide bonds. The molecule has 0 radical (unpaired) electrons. The Labute approximate surface area is 225 Å². The maximum absolute atomic E-state index is 13.3. The van der Waals surface area contributed by atoms with Crippen LogP contribution in [0.15, 0.2) is 72.8 Å². The second kappa shape index (κ2) is 9.91. The average Bonchev–Trinajstić information content (AvgIpc) is 3.57. The number of fused-ring (bicyclic) bond motifs is 3. The van der Waals surface area contributed by atoms with Gasteiger partial charge in [-0.3, -0.25) is 9.59 Å². The first-order valence-electron chi connectivity index (χ1n) is 13.2. The molecule has 1 aliphatic carbocycles. The van der Waals surface area contributed by atoms with E-state index in [0.29, 0.717) is 28.4 Å². The summed E-state index contributed by atoms with van der Waals surface area (Å²) in [5.74, 6) is -1.22. The number of amides is 2. The lowest BCUT2D eigenvalue weighted by Crippen LogP contribution is -2.14. The van der Waals surface area contributed by atoms with Crippen LogP contribution in [-0.4, -0.2) is 22.8 Å². The van der Waals surface area contributed by atoms with Crippen molar-refractivity contribution in [1.82, 2.24) is 4.98 Å². The van der Waals surface area contributed by atoms with Gasteiger partial charge in [-0.25, -0.2) is 4.39 Å². The van der Waals surface area contributed by atoms with E-state index in [1.807, 2.05) is 31.2 Å². The first-order chi connectivity index (χ1) is 18.9. The van der Waals surface area contributed by atoms with Crippen molar-refractivity contribution < 1.29 is 14.0 Å². The third-order valence-electron chi connectivity index (χ3n) is 7.72. The van der Waals surface area contributed by atoms with Crippen LogP contribution >= 0.6 is 0 Å². The van der Waals surface area contributed by atoms with Crippen LogP contribution in [0.1, 0.15) is 52.0 Å². The molecule has 0 spiro atoms. The summed E-state index contributed by atoms with van der Waals surface area (Å²) in [7, 11) is 0. The summed E-state index contributed by atoms with van der Waals surface area (Å²) in [6, 6.07) is 21.6. The molecule has 1 aromatic heterocycles. The van der Waals surface area contributed by atoms with Gasteiger partial charge in [0.1, 0.15) is 5.82 Å². The Balaban J connectivity index is 1.44. The van der Waals surface area contributed by atoms with Crippen LogP contribution in [-0.2, 0) is 0 Å². The van der Waals surface area contributed by atoms with E-state index >= 15 is 0 Å². The van der Waals surface area contributed by atoms with Crippen molar-refractivity contribution in [3.8, 4) is 11.1 Å². The fraction of sp³-hybridized carbons (Fsp3) is 0.188. The van der Waals surface area contributed by atoms with Gasteiger partial charge in [0, 0.05) is 39.3 Å². The Hall–Kier alpha value is -4.65. The number of carbonyl (C=O) groups is 2. The molecule has 1 heterocycles. The highest BCUT2D eigenvalue weighted by atomic mass is 19.1. The molecule has 6 rings (SSSR count). The van der Waals surface area contributed by atoms with Crippen molar-refractivity contribution >= 4 is 45.0 Å². The number of hydrogen-bond donors (Lipinski definition) is 4. The normalized spacial score (nSPS) is 13.7. The molecule has 1 aliphatic rings. The molecule has 0 aliphatic heterocycles. The number of aromatic nitrogens is 1. The number of nitrogens with one attached hydrogen (secondary N) is 3. The highest BCUT2D eigenvalue weighted by Gasteiger charge is 2.20. The van der Waals surface area contributed by atoms with E-state index in [1.54, 1.807) is 6.07 Å². The lowest BCUT2D eigenvalue weighted by molar-refractivity contribution is 0.0999. The van der Waals surface area contributed by atoms with Crippen molar-refractivity contribution in [1.29, 1.82) is 0 Å². The molecule has 6 nitrogen and oxygen atoms in total. The van der Waals surface area contributed by atoms with Crippen LogP contribution in [0.2, 0.25) is 0 Å². The van der Waals surface area contributed by atoms with Crippen LogP contribution in [0.3, 0.4) is 0 Å². The van der Waals surface area contributed by atoms with E-state index in [2.05, 4.69) is 33.8 Å². The van der Waals surface area contributed by atoms with E-state index in [-0.39, 0.29) is 5.91 Å². The van der Waals surface area contributed by atoms with Gasteiger partial charge in [0.2, 0.25) is 0 Å². The Morgan fingerprint density at radius 3 is 2.46 bits per heavy atom. The molecule has 0 saturated heterocycles. The number of primary amides is 1. The first-order valence-corrected chi connectivity index (χ1v) is 13.2. The molecular weight excluding hydrogens is 491 g/mol. The second-order valence-electron chi connectivity index (χ2n) is 10.2. The van der Waals surface area contributed by atoms with Crippen LogP contribution < -0.4 is 16.4 Å². The monoisotopic (exact) mass is 520 g/mol. The number of benzene rings is 4. The summed E-state index contributed by atoms with van der Waals surface area (Å²) >= 11 is 0. The molecule has 7 heteroatoms. The Bertz CT molecular complexity index is 1730. The SMILES string of the molecule is Cc1c(NC(=O)c2ccc(F)cc2)cccc1-c1ccc(C(N)=O)c2[nH]c3cc(NC4CCCC4)ccc3c12. The van der Waals surface area contributed by atoms with Gasteiger partial charge < -0.3 is 21.4 Å². The van der Waals surface area contributed by atoms with Crippen molar-refractivity contribution in [3.05, 3.63) is 95.3 Å². The number of carbonyl (C=O) groups excluding carboxylic acids is 2. The third-order valence-corrected chi connectivity index (χ3v) is 7.72. The van der Waals surface area contributed by atoms with Gasteiger partial charge in [0.15, 0.2) is 0 Å². The summed E-state index contributed by atoms with van der Waals surface area (Å²) in [6.07, 6.45) is 4.85. The second-order valence-corrected chi connectivity index (χ2v) is 10.2. The smallest absolute Gasteiger partial charge is 0.255 e. The number of rotatable bonds is 6. The zero-order valence-electron chi connectivity index (χ0n) is 21.6. The van der Waals surface area contributed by atoms with Gasteiger partial charge in [-0.1, -0.05) is 37.1 Å². The molecule has 196 valence electrons. The van der Waals surface area contributed by atoms with Crippen molar-refractivity contribution in [2.24, 2.45) is 5.73 Å². The van der Waals surface area contributed by atoms with E-state index in [0.717, 1.165) is 38.7 Å². The minimum atomic E-state index is -0.501. The van der Waals surface area contributed by atoms with Gasteiger partial charge in [-0.15, -0.1) is 0 Å². The third kappa shape index (κ3) is 4.61. The number of halogens is 1. The molecular formula is C32H29FN4O2. The van der Waals surface area contributed by atoms with Crippen LogP contribution in [0, 0.1) is 12.7 Å². The Morgan fingerprint density at radius 2 is 1.72 bits per heavy atom. The maximum Gasteiger partial charge on any atom is 0.255 e. The van der Waals surface area contributed by atoms with E-state index in [4.69, 9.17) is 5.73 Å². The van der Waals surface area contributed by atoms with E-state index < -0.39 is 11.7 Å². The molecule has 0 bridgehead atoms. The van der Waals surface area contributed by atoms with Crippen molar-refractivity contribution in [2.75, 3.05) is 10.6 Å².